The Morgan fingerprint density at radius 3 is 2.21 bits per heavy atom. The quantitative estimate of drug-likeness (QED) is 0.512. The van der Waals surface area contributed by atoms with Crippen LogP contribution < -0.4 is 16.2 Å². The Hall–Kier alpha value is -2.49. The van der Waals surface area contributed by atoms with Crippen molar-refractivity contribution in [2.24, 2.45) is 0 Å². The van der Waals surface area contributed by atoms with Crippen LogP contribution in [-0.4, -0.2) is 28.7 Å². The number of aryl methyl sites for hydroxylation is 1. The average molecular weight is 450 g/mol. The maximum Gasteiger partial charge on any atom is 0.426 e. The van der Waals surface area contributed by atoms with Gasteiger partial charge in [0.15, 0.2) is 0 Å². The Bertz CT molecular complexity index is 950. The van der Waals surface area contributed by atoms with Gasteiger partial charge in [0.1, 0.15) is 0 Å². The van der Waals surface area contributed by atoms with Crippen LogP contribution in [0.3, 0.4) is 0 Å². The molecule has 2 aromatic carbocycles. The van der Waals surface area contributed by atoms with Crippen molar-refractivity contribution in [1.29, 1.82) is 0 Å². The van der Waals surface area contributed by atoms with Gasteiger partial charge in [-0.15, -0.1) is 0 Å². The Morgan fingerprint density at radius 2 is 1.66 bits per heavy atom. The van der Waals surface area contributed by atoms with Crippen LogP contribution in [0.15, 0.2) is 36.4 Å². The van der Waals surface area contributed by atoms with Crippen molar-refractivity contribution in [2.75, 3.05) is 10.7 Å². The minimum Gasteiger partial charge on any atom is -0.373 e. The highest BCUT2D eigenvalue weighted by atomic mass is 35.5. The minimum atomic E-state index is -5.17. The molecule has 1 unspecified atom stereocenters. The van der Waals surface area contributed by atoms with Gasteiger partial charge in [-0.2, -0.15) is 13.2 Å². The molecule has 0 aromatic heterocycles. The van der Waals surface area contributed by atoms with Crippen LogP contribution in [-0.2, 0) is 4.79 Å². The lowest BCUT2D eigenvalue weighted by Crippen LogP contribution is -2.52. The normalized spacial score (nSPS) is 13.4. The summed E-state index contributed by atoms with van der Waals surface area (Å²) in [7, 11) is 0. The Kier molecular flexibility index (Phi) is 6.67. The molecule has 11 heteroatoms. The standard InChI is InChI=1S/C18H16Cl2F3N3O3/c1-9-7-11(19)4-6-13(9)25-26-15(27)10-3-5-14(12(20)8-10)24-16(28)17(2,29)18(21,22)23/h3-8,25,29H,1-2H3,(H,24,28)(H,26,27). The molecule has 1 atom stereocenters. The molecule has 4 N–H and O–H groups in total. The zero-order valence-corrected chi connectivity index (χ0v) is 16.6. The van der Waals surface area contributed by atoms with Crippen LogP contribution in [0.25, 0.3) is 0 Å². The summed E-state index contributed by atoms with van der Waals surface area (Å²) in [5.74, 6) is -2.29. The fourth-order valence-electron chi connectivity index (χ4n) is 2.09. The molecule has 0 fully saturated rings. The minimum absolute atomic E-state index is 0.0784. The van der Waals surface area contributed by atoms with Gasteiger partial charge in [0.05, 0.1) is 16.4 Å². The molecule has 0 aliphatic rings. The van der Waals surface area contributed by atoms with Gasteiger partial charge in [-0.3, -0.25) is 20.4 Å². The Balaban J connectivity index is 2.08. The topological polar surface area (TPSA) is 90.5 Å². The summed E-state index contributed by atoms with van der Waals surface area (Å²) in [6.07, 6.45) is -5.17. The van der Waals surface area contributed by atoms with Crippen molar-refractivity contribution in [3.05, 3.63) is 57.6 Å². The predicted molar refractivity (Wildman–Crippen MR) is 104 cm³/mol. The summed E-state index contributed by atoms with van der Waals surface area (Å²) in [6, 6.07) is 8.54. The summed E-state index contributed by atoms with van der Waals surface area (Å²) in [5.41, 5.74) is 2.82. The third-order valence-corrected chi connectivity index (χ3v) is 4.52. The van der Waals surface area contributed by atoms with Gasteiger partial charge in [0.25, 0.3) is 11.8 Å². The van der Waals surface area contributed by atoms with Crippen molar-refractivity contribution in [1.82, 2.24) is 5.43 Å². The summed E-state index contributed by atoms with van der Waals surface area (Å²) < 4.78 is 38.2. The molecular formula is C18H16Cl2F3N3O3. The number of aliphatic hydroxyl groups is 1. The number of hydrazine groups is 1. The molecule has 0 aliphatic carbocycles. The van der Waals surface area contributed by atoms with Crippen LogP contribution in [0.1, 0.15) is 22.8 Å². The third kappa shape index (κ3) is 5.31. The third-order valence-electron chi connectivity index (χ3n) is 3.97. The highest BCUT2D eigenvalue weighted by Crippen LogP contribution is 2.32. The highest BCUT2D eigenvalue weighted by molar-refractivity contribution is 6.34. The van der Waals surface area contributed by atoms with Gasteiger partial charge in [-0.25, -0.2) is 0 Å². The second-order valence-electron chi connectivity index (χ2n) is 6.26. The van der Waals surface area contributed by atoms with E-state index in [2.05, 4.69) is 10.9 Å². The Morgan fingerprint density at radius 1 is 1.03 bits per heavy atom. The number of carbonyl (C=O) groups is 2. The van der Waals surface area contributed by atoms with E-state index in [1.165, 1.54) is 6.07 Å². The predicted octanol–water partition coefficient (Wildman–Crippen LogP) is 4.31. The first-order valence-electron chi connectivity index (χ1n) is 8.05. The zero-order chi connectivity index (χ0) is 22.0. The molecule has 2 aromatic rings. The highest BCUT2D eigenvalue weighted by Gasteiger charge is 2.55. The van der Waals surface area contributed by atoms with Gasteiger partial charge in [-0.05, 0) is 55.8 Å². The fourth-order valence-corrected chi connectivity index (χ4v) is 2.55. The monoisotopic (exact) mass is 449 g/mol. The van der Waals surface area contributed by atoms with Crippen molar-refractivity contribution in [3.8, 4) is 0 Å². The summed E-state index contributed by atoms with van der Waals surface area (Å²) >= 11 is 11.8. The lowest BCUT2D eigenvalue weighted by Gasteiger charge is -2.25. The van der Waals surface area contributed by atoms with Crippen LogP contribution in [0.4, 0.5) is 24.5 Å². The van der Waals surface area contributed by atoms with Crippen LogP contribution >= 0.6 is 23.2 Å². The first-order valence-corrected chi connectivity index (χ1v) is 8.81. The molecule has 156 valence electrons. The van der Waals surface area contributed by atoms with Crippen molar-refractivity contribution in [3.63, 3.8) is 0 Å². The van der Waals surface area contributed by atoms with E-state index >= 15 is 0 Å². The lowest BCUT2D eigenvalue weighted by atomic mass is 10.1. The molecule has 0 radical (unpaired) electrons. The molecule has 0 heterocycles. The van der Waals surface area contributed by atoms with Gasteiger partial charge in [-0.1, -0.05) is 23.2 Å². The smallest absolute Gasteiger partial charge is 0.373 e. The van der Waals surface area contributed by atoms with Gasteiger partial charge >= 0.3 is 6.18 Å². The number of carbonyl (C=O) groups excluding carboxylic acids is 2. The number of alkyl halides is 3. The molecular weight excluding hydrogens is 434 g/mol. The lowest BCUT2D eigenvalue weighted by molar-refractivity contribution is -0.242. The van der Waals surface area contributed by atoms with E-state index in [1.807, 2.05) is 5.32 Å². The Labute approximate surface area is 174 Å². The molecule has 2 rings (SSSR count). The van der Waals surface area contributed by atoms with Gasteiger partial charge in [0, 0.05) is 10.6 Å². The number of nitrogens with one attached hydrogen (secondary N) is 3. The first-order chi connectivity index (χ1) is 13.3. The molecule has 0 saturated carbocycles. The molecule has 29 heavy (non-hydrogen) atoms. The summed E-state index contributed by atoms with van der Waals surface area (Å²) in [4.78, 5) is 24.0. The van der Waals surface area contributed by atoms with Crippen LogP contribution in [0, 0.1) is 6.92 Å². The maximum atomic E-state index is 12.7. The SMILES string of the molecule is Cc1cc(Cl)ccc1NNC(=O)c1ccc(NC(=O)C(C)(O)C(F)(F)F)c(Cl)c1. The van der Waals surface area contributed by atoms with E-state index < -0.39 is 23.6 Å². The maximum absolute atomic E-state index is 12.7. The molecule has 6 nitrogen and oxygen atoms in total. The number of anilines is 2. The second-order valence-corrected chi connectivity index (χ2v) is 7.10. The number of benzene rings is 2. The van der Waals surface area contributed by atoms with Crippen molar-refractivity contribution < 1.29 is 27.9 Å². The first kappa shape index (κ1) is 22.8. The van der Waals surface area contributed by atoms with Crippen molar-refractivity contribution in [2.45, 2.75) is 25.6 Å². The molecule has 0 bridgehead atoms. The number of halogens is 5. The molecule has 0 aliphatic heterocycles. The molecule has 0 spiro atoms. The summed E-state index contributed by atoms with van der Waals surface area (Å²) in [5, 5.41) is 11.6. The van der Waals surface area contributed by atoms with E-state index in [1.54, 1.807) is 25.1 Å². The number of hydrogen-bond donors (Lipinski definition) is 4. The van der Waals surface area contributed by atoms with Crippen LogP contribution in [0.2, 0.25) is 10.0 Å². The zero-order valence-electron chi connectivity index (χ0n) is 15.1. The van der Waals surface area contributed by atoms with Gasteiger partial charge in [0.2, 0.25) is 5.60 Å². The van der Waals surface area contributed by atoms with E-state index in [-0.39, 0.29) is 16.3 Å². The van der Waals surface area contributed by atoms with Crippen molar-refractivity contribution >= 4 is 46.4 Å². The largest absolute Gasteiger partial charge is 0.426 e. The second kappa shape index (κ2) is 8.48. The van der Waals surface area contributed by atoms with E-state index in [0.717, 1.165) is 17.7 Å². The fraction of sp³-hybridized carbons (Fsp3) is 0.222. The molecule has 0 saturated heterocycles. The van der Waals surface area contributed by atoms with Gasteiger partial charge < -0.3 is 10.4 Å². The molecule has 2 amide bonds. The number of amides is 2. The van der Waals surface area contributed by atoms with E-state index in [4.69, 9.17) is 23.2 Å². The number of rotatable bonds is 5. The van der Waals surface area contributed by atoms with Crippen LogP contribution in [0.5, 0.6) is 0 Å². The summed E-state index contributed by atoms with van der Waals surface area (Å²) in [6.45, 7) is 2.10. The number of hydrogen-bond acceptors (Lipinski definition) is 4. The van der Waals surface area contributed by atoms with E-state index in [0.29, 0.717) is 17.6 Å². The van der Waals surface area contributed by atoms with E-state index in [9.17, 15) is 27.9 Å². The average Bonchev–Trinajstić information content (AvgIpc) is 2.61.